The number of carbonyl (C=O) groups is 2. The first-order valence-electron chi connectivity index (χ1n) is 12.6. The number of nitrogens with zero attached hydrogens (tertiary/aromatic N) is 2. The summed E-state index contributed by atoms with van der Waals surface area (Å²) < 4.78 is 25.5. The standard InChI is InChI=1S/C26H36N4O5S2/c1-25(2,3)35-24(32)30-37(34,20-15-27-22(36-20)26(4,5)33)29-23(31)28-21-18(14-16-8-6-9-16)13-12-17-10-7-11-19(17)21/h12-13,15-16,33H,6-11,14H2,1-5H3,(H2,28,29,30,31,32,34). The third-order valence-corrected chi connectivity index (χ3v) is 10.0. The first kappa shape index (κ1) is 27.5. The number of nitrogens with one attached hydrogen (secondary N) is 2. The number of urea groups is 1. The molecular weight excluding hydrogens is 512 g/mol. The lowest BCUT2D eigenvalue weighted by atomic mass is 9.80. The van der Waals surface area contributed by atoms with E-state index in [-0.39, 0.29) is 9.22 Å². The van der Waals surface area contributed by atoms with E-state index in [0.717, 1.165) is 53.8 Å². The Morgan fingerprint density at radius 2 is 1.92 bits per heavy atom. The maximum absolute atomic E-state index is 14.0. The molecule has 1 atom stereocenters. The second-order valence-electron chi connectivity index (χ2n) is 11.3. The molecule has 2 aliphatic carbocycles. The molecule has 1 unspecified atom stereocenters. The fourth-order valence-electron chi connectivity index (χ4n) is 4.49. The van der Waals surface area contributed by atoms with Gasteiger partial charge in [-0.25, -0.2) is 23.5 Å². The summed E-state index contributed by atoms with van der Waals surface area (Å²) >= 11 is 0.917. The molecule has 1 aromatic carbocycles. The summed E-state index contributed by atoms with van der Waals surface area (Å²) in [4.78, 5) is 30.0. The van der Waals surface area contributed by atoms with Gasteiger partial charge in [0.1, 0.15) is 20.4 Å². The molecule has 4 rings (SSSR count). The van der Waals surface area contributed by atoms with Crippen molar-refractivity contribution in [2.45, 2.75) is 95.0 Å². The first-order chi connectivity index (χ1) is 17.2. The molecule has 0 bridgehead atoms. The van der Waals surface area contributed by atoms with Gasteiger partial charge in [0.25, 0.3) is 0 Å². The Morgan fingerprint density at radius 3 is 2.51 bits per heavy atom. The van der Waals surface area contributed by atoms with E-state index in [1.807, 2.05) is 0 Å². The van der Waals surface area contributed by atoms with E-state index < -0.39 is 33.2 Å². The molecular formula is C26H36N4O5S2. The van der Waals surface area contributed by atoms with Gasteiger partial charge >= 0.3 is 12.1 Å². The molecule has 1 heterocycles. The van der Waals surface area contributed by atoms with E-state index >= 15 is 0 Å². The van der Waals surface area contributed by atoms with Crippen molar-refractivity contribution in [2.24, 2.45) is 10.3 Å². The number of hydrogen-bond donors (Lipinski definition) is 3. The summed E-state index contributed by atoms with van der Waals surface area (Å²) in [6, 6.07) is 3.50. The molecule has 37 heavy (non-hydrogen) atoms. The average Bonchev–Trinajstić information content (AvgIpc) is 3.40. The van der Waals surface area contributed by atoms with Crippen LogP contribution in [0.25, 0.3) is 0 Å². The van der Waals surface area contributed by atoms with Crippen molar-refractivity contribution < 1.29 is 23.6 Å². The molecule has 0 radical (unpaired) electrons. The molecule has 3 N–H and O–H groups in total. The summed E-state index contributed by atoms with van der Waals surface area (Å²) in [5.74, 6) is 0.604. The zero-order valence-corrected chi connectivity index (χ0v) is 23.7. The zero-order chi connectivity index (χ0) is 27.0. The van der Waals surface area contributed by atoms with Gasteiger partial charge in [-0.3, -0.25) is 0 Å². The lowest BCUT2D eigenvalue weighted by Crippen LogP contribution is -2.35. The Morgan fingerprint density at radius 1 is 1.19 bits per heavy atom. The normalized spacial score (nSPS) is 17.4. The molecule has 1 fully saturated rings. The highest BCUT2D eigenvalue weighted by Gasteiger charge is 2.29. The minimum atomic E-state index is -3.81. The summed E-state index contributed by atoms with van der Waals surface area (Å²) in [6.45, 7) is 8.09. The molecule has 0 aliphatic heterocycles. The molecule has 202 valence electrons. The van der Waals surface area contributed by atoms with Gasteiger partial charge in [-0.1, -0.05) is 31.4 Å². The second kappa shape index (κ2) is 10.3. The number of anilines is 1. The van der Waals surface area contributed by atoms with E-state index in [1.165, 1.54) is 31.0 Å². The number of benzene rings is 1. The van der Waals surface area contributed by atoms with Crippen LogP contribution in [0.5, 0.6) is 0 Å². The van der Waals surface area contributed by atoms with Crippen molar-refractivity contribution in [3.8, 4) is 0 Å². The van der Waals surface area contributed by atoms with Gasteiger partial charge in [0, 0.05) is 5.69 Å². The van der Waals surface area contributed by atoms with Crippen LogP contribution in [-0.2, 0) is 39.5 Å². The largest absolute Gasteiger partial charge is 0.444 e. The third kappa shape index (κ3) is 6.69. The number of fused-ring (bicyclic) bond motifs is 1. The van der Waals surface area contributed by atoms with Crippen LogP contribution in [0.4, 0.5) is 15.3 Å². The lowest BCUT2D eigenvalue weighted by molar-refractivity contribution is 0.0607. The Balaban J connectivity index is 1.66. The van der Waals surface area contributed by atoms with Crippen LogP contribution in [0.1, 0.15) is 82.0 Å². The van der Waals surface area contributed by atoms with Gasteiger partial charge in [-0.15, -0.1) is 15.7 Å². The van der Waals surface area contributed by atoms with Gasteiger partial charge in [0.05, 0.1) is 6.20 Å². The number of rotatable bonds is 6. The van der Waals surface area contributed by atoms with Crippen LogP contribution in [0, 0.1) is 5.92 Å². The zero-order valence-electron chi connectivity index (χ0n) is 22.1. The lowest BCUT2D eigenvalue weighted by Gasteiger charge is -2.27. The van der Waals surface area contributed by atoms with E-state index in [0.29, 0.717) is 5.92 Å². The fraction of sp³-hybridized carbons (Fsp3) is 0.577. The highest BCUT2D eigenvalue weighted by molar-refractivity contribution is 7.94. The van der Waals surface area contributed by atoms with Crippen LogP contribution >= 0.6 is 11.3 Å². The number of hydrogen-bond acceptors (Lipinski definition) is 7. The first-order valence-corrected chi connectivity index (χ1v) is 15.0. The van der Waals surface area contributed by atoms with Crippen molar-refractivity contribution in [3.63, 3.8) is 0 Å². The molecule has 9 nitrogen and oxygen atoms in total. The maximum Gasteiger partial charge on any atom is 0.444 e. The van der Waals surface area contributed by atoms with Gasteiger partial charge in [-0.2, -0.15) is 0 Å². The minimum Gasteiger partial charge on any atom is -0.442 e. The summed E-state index contributed by atoms with van der Waals surface area (Å²) in [5.41, 5.74) is 2.00. The molecule has 2 aromatic rings. The van der Waals surface area contributed by atoms with E-state index in [9.17, 15) is 18.9 Å². The molecule has 0 spiro atoms. The van der Waals surface area contributed by atoms with Gasteiger partial charge in [-0.05, 0) is 82.9 Å². The Hall–Kier alpha value is -2.50. The van der Waals surface area contributed by atoms with Crippen molar-refractivity contribution in [3.05, 3.63) is 40.0 Å². The van der Waals surface area contributed by atoms with Crippen molar-refractivity contribution >= 4 is 39.1 Å². The number of ether oxygens (including phenoxy) is 1. The van der Waals surface area contributed by atoms with Crippen LogP contribution in [0.15, 0.2) is 26.9 Å². The fourth-order valence-corrected chi connectivity index (χ4v) is 7.04. The summed E-state index contributed by atoms with van der Waals surface area (Å²) in [6.07, 6.45) is 7.51. The van der Waals surface area contributed by atoms with Crippen molar-refractivity contribution in [1.82, 2.24) is 9.71 Å². The quantitative estimate of drug-likeness (QED) is 0.424. The Kier molecular flexibility index (Phi) is 7.69. The second-order valence-corrected chi connectivity index (χ2v) is 14.5. The SMILES string of the molecule is CC(C)(C)OC(=O)N=S(=O)(NC(=O)Nc1c(CC2CCC2)ccc2c1CCC2)c1cnc(C(C)(C)O)s1. The smallest absolute Gasteiger partial charge is 0.442 e. The minimum absolute atomic E-state index is 0.0404. The number of aryl methyl sites for hydroxylation is 1. The van der Waals surface area contributed by atoms with Crippen molar-refractivity contribution in [2.75, 3.05) is 5.32 Å². The van der Waals surface area contributed by atoms with Crippen LogP contribution in [0.3, 0.4) is 0 Å². The summed E-state index contributed by atoms with van der Waals surface area (Å²) in [5, 5.41) is 13.5. The van der Waals surface area contributed by atoms with Gasteiger partial charge in [0.2, 0.25) is 0 Å². The van der Waals surface area contributed by atoms with Crippen molar-refractivity contribution in [1.29, 1.82) is 0 Å². The third-order valence-electron chi connectivity index (χ3n) is 6.45. The number of carbonyl (C=O) groups excluding carboxylic acids is 2. The van der Waals surface area contributed by atoms with Crippen LogP contribution in [0.2, 0.25) is 0 Å². The summed E-state index contributed by atoms with van der Waals surface area (Å²) in [7, 11) is -3.81. The highest BCUT2D eigenvalue weighted by Crippen LogP contribution is 2.37. The monoisotopic (exact) mass is 548 g/mol. The molecule has 3 amide bonds. The van der Waals surface area contributed by atoms with Crippen LogP contribution in [-0.4, -0.2) is 32.0 Å². The number of amides is 3. The predicted molar refractivity (Wildman–Crippen MR) is 144 cm³/mol. The topological polar surface area (TPSA) is 130 Å². The number of thiazole rings is 1. The molecule has 0 saturated heterocycles. The van der Waals surface area contributed by atoms with E-state index in [4.69, 9.17) is 4.74 Å². The average molecular weight is 549 g/mol. The van der Waals surface area contributed by atoms with Gasteiger partial charge in [0.15, 0.2) is 9.92 Å². The predicted octanol–water partition coefficient (Wildman–Crippen LogP) is 5.70. The number of aromatic nitrogens is 1. The molecule has 2 aliphatic rings. The van der Waals surface area contributed by atoms with E-state index in [2.05, 4.69) is 31.5 Å². The Bertz CT molecular complexity index is 1310. The van der Waals surface area contributed by atoms with Gasteiger partial charge < -0.3 is 15.2 Å². The molecule has 11 heteroatoms. The number of aliphatic hydroxyl groups is 1. The molecule has 1 saturated carbocycles. The van der Waals surface area contributed by atoms with Crippen LogP contribution < -0.4 is 10.0 Å². The maximum atomic E-state index is 14.0. The molecule has 1 aromatic heterocycles. The Labute approximate surface area is 222 Å². The highest BCUT2D eigenvalue weighted by atomic mass is 32.2. The van der Waals surface area contributed by atoms with E-state index in [1.54, 1.807) is 34.6 Å².